The second kappa shape index (κ2) is 6.92. The lowest BCUT2D eigenvalue weighted by Crippen LogP contribution is -2.54. The Morgan fingerprint density at radius 3 is 2.05 bits per heavy atom. The molecule has 0 heterocycles. The summed E-state index contributed by atoms with van der Waals surface area (Å²) in [5.41, 5.74) is 7.58. The standard InChI is InChI=1S/C16H28N2O/c1-6-16(17,13(4)18(7-2)8-3)14-9-11-15(19-5)12-10-14/h9-13H,6-8,17H2,1-5H3. The van der Waals surface area contributed by atoms with E-state index in [1.165, 1.54) is 5.56 Å². The minimum atomic E-state index is -0.321. The van der Waals surface area contributed by atoms with Crippen molar-refractivity contribution in [3.63, 3.8) is 0 Å². The maximum atomic E-state index is 6.72. The number of hydrogen-bond acceptors (Lipinski definition) is 3. The fourth-order valence-corrected chi connectivity index (χ4v) is 2.74. The summed E-state index contributed by atoms with van der Waals surface area (Å²) in [4.78, 5) is 2.41. The van der Waals surface area contributed by atoms with Crippen LogP contribution in [0.15, 0.2) is 24.3 Å². The van der Waals surface area contributed by atoms with Crippen molar-refractivity contribution in [2.24, 2.45) is 5.73 Å². The van der Waals surface area contributed by atoms with E-state index in [0.717, 1.165) is 25.3 Å². The highest BCUT2D eigenvalue weighted by Gasteiger charge is 2.34. The van der Waals surface area contributed by atoms with Gasteiger partial charge in [-0.15, -0.1) is 0 Å². The Balaban J connectivity index is 3.06. The molecule has 3 nitrogen and oxygen atoms in total. The van der Waals surface area contributed by atoms with Gasteiger partial charge in [0.05, 0.1) is 12.6 Å². The van der Waals surface area contributed by atoms with Crippen LogP contribution in [0, 0.1) is 0 Å². The zero-order chi connectivity index (χ0) is 14.5. The highest BCUT2D eigenvalue weighted by Crippen LogP contribution is 2.30. The third-order valence-electron chi connectivity index (χ3n) is 4.32. The van der Waals surface area contributed by atoms with E-state index in [0.29, 0.717) is 6.04 Å². The molecule has 0 aliphatic carbocycles. The van der Waals surface area contributed by atoms with Crippen molar-refractivity contribution in [2.45, 2.75) is 45.7 Å². The molecule has 1 aromatic rings. The van der Waals surface area contributed by atoms with Crippen molar-refractivity contribution < 1.29 is 4.74 Å². The lowest BCUT2D eigenvalue weighted by molar-refractivity contribution is 0.139. The summed E-state index contributed by atoms with van der Waals surface area (Å²) in [6.45, 7) is 10.8. The van der Waals surface area contributed by atoms with Gasteiger partial charge in [-0.3, -0.25) is 4.90 Å². The molecule has 0 radical (unpaired) electrons. The van der Waals surface area contributed by atoms with Crippen molar-refractivity contribution >= 4 is 0 Å². The molecule has 0 aromatic heterocycles. The average molecular weight is 264 g/mol. The predicted octanol–water partition coefficient (Wildman–Crippen LogP) is 2.99. The van der Waals surface area contributed by atoms with Gasteiger partial charge in [-0.25, -0.2) is 0 Å². The van der Waals surface area contributed by atoms with Crippen LogP contribution in [0.25, 0.3) is 0 Å². The number of benzene rings is 1. The number of methoxy groups -OCH3 is 1. The summed E-state index contributed by atoms with van der Waals surface area (Å²) in [6, 6.07) is 8.45. The summed E-state index contributed by atoms with van der Waals surface area (Å²) in [7, 11) is 1.68. The molecule has 0 aliphatic rings. The van der Waals surface area contributed by atoms with E-state index >= 15 is 0 Å². The molecule has 0 spiro atoms. The molecule has 0 fully saturated rings. The van der Waals surface area contributed by atoms with Crippen LogP contribution in [0.1, 0.15) is 39.7 Å². The number of hydrogen-bond donors (Lipinski definition) is 1. The second-order valence-electron chi connectivity index (χ2n) is 5.02. The van der Waals surface area contributed by atoms with Crippen LogP contribution in [0.3, 0.4) is 0 Å². The summed E-state index contributed by atoms with van der Waals surface area (Å²) in [6.07, 6.45) is 0.914. The van der Waals surface area contributed by atoms with Gasteiger partial charge in [-0.2, -0.15) is 0 Å². The van der Waals surface area contributed by atoms with Crippen LogP contribution < -0.4 is 10.5 Å². The molecule has 108 valence electrons. The lowest BCUT2D eigenvalue weighted by Gasteiger charge is -2.41. The first-order valence-electron chi connectivity index (χ1n) is 7.20. The molecule has 1 aromatic carbocycles. The SMILES string of the molecule is CCN(CC)C(C)C(N)(CC)c1ccc(OC)cc1. The first-order chi connectivity index (χ1) is 9.03. The van der Waals surface area contributed by atoms with Crippen LogP contribution >= 0.6 is 0 Å². The fraction of sp³-hybridized carbons (Fsp3) is 0.625. The van der Waals surface area contributed by atoms with Gasteiger partial charge < -0.3 is 10.5 Å². The van der Waals surface area contributed by atoms with E-state index < -0.39 is 0 Å². The monoisotopic (exact) mass is 264 g/mol. The topological polar surface area (TPSA) is 38.5 Å². The molecule has 0 amide bonds. The smallest absolute Gasteiger partial charge is 0.118 e. The van der Waals surface area contributed by atoms with E-state index in [9.17, 15) is 0 Å². The summed E-state index contributed by atoms with van der Waals surface area (Å²) in [5, 5.41) is 0. The Morgan fingerprint density at radius 1 is 1.16 bits per heavy atom. The Labute approximate surface area is 117 Å². The molecule has 1 rings (SSSR count). The normalized spacial score (nSPS) is 16.2. The number of rotatable bonds is 7. The molecule has 3 heteroatoms. The van der Waals surface area contributed by atoms with Gasteiger partial charge in [0.25, 0.3) is 0 Å². The van der Waals surface area contributed by atoms with Gasteiger partial charge in [-0.1, -0.05) is 32.9 Å². The summed E-state index contributed by atoms with van der Waals surface area (Å²) in [5.74, 6) is 0.873. The van der Waals surface area contributed by atoms with E-state index in [4.69, 9.17) is 10.5 Å². The minimum Gasteiger partial charge on any atom is -0.497 e. The number of nitrogens with zero attached hydrogens (tertiary/aromatic N) is 1. The Hall–Kier alpha value is -1.06. The van der Waals surface area contributed by atoms with E-state index in [2.05, 4.69) is 44.7 Å². The Bertz CT molecular complexity index is 373. The predicted molar refractivity (Wildman–Crippen MR) is 81.5 cm³/mol. The Kier molecular flexibility index (Phi) is 5.83. The molecule has 0 aliphatic heterocycles. The molecule has 0 saturated heterocycles. The van der Waals surface area contributed by atoms with Crippen molar-refractivity contribution in [3.05, 3.63) is 29.8 Å². The van der Waals surface area contributed by atoms with Crippen LogP contribution in [0.5, 0.6) is 5.75 Å². The molecule has 0 bridgehead atoms. The highest BCUT2D eigenvalue weighted by atomic mass is 16.5. The maximum absolute atomic E-state index is 6.72. The van der Waals surface area contributed by atoms with E-state index in [-0.39, 0.29) is 5.54 Å². The molecular weight excluding hydrogens is 236 g/mol. The van der Waals surface area contributed by atoms with Gasteiger partial charge in [0.15, 0.2) is 0 Å². The first kappa shape index (κ1) is 16.0. The zero-order valence-corrected chi connectivity index (χ0v) is 12.9. The molecule has 0 saturated carbocycles. The molecule has 2 unspecified atom stereocenters. The van der Waals surface area contributed by atoms with Gasteiger partial charge >= 0.3 is 0 Å². The third-order valence-corrected chi connectivity index (χ3v) is 4.32. The zero-order valence-electron chi connectivity index (χ0n) is 12.9. The Morgan fingerprint density at radius 2 is 1.68 bits per heavy atom. The first-order valence-corrected chi connectivity index (χ1v) is 7.20. The number of nitrogens with two attached hydrogens (primary N) is 1. The van der Waals surface area contributed by atoms with Gasteiger partial charge in [0, 0.05) is 6.04 Å². The van der Waals surface area contributed by atoms with Gasteiger partial charge in [0.2, 0.25) is 0 Å². The number of ether oxygens (including phenoxy) is 1. The molecule has 2 atom stereocenters. The van der Waals surface area contributed by atoms with Crippen molar-refractivity contribution in [1.82, 2.24) is 4.90 Å². The van der Waals surface area contributed by atoms with Crippen molar-refractivity contribution in [3.8, 4) is 5.75 Å². The van der Waals surface area contributed by atoms with Crippen LogP contribution in [-0.2, 0) is 5.54 Å². The lowest BCUT2D eigenvalue weighted by atomic mass is 9.81. The fourth-order valence-electron chi connectivity index (χ4n) is 2.74. The third kappa shape index (κ3) is 3.28. The van der Waals surface area contributed by atoms with E-state index in [1.807, 2.05) is 12.1 Å². The summed E-state index contributed by atoms with van der Waals surface area (Å²) >= 11 is 0. The quantitative estimate of drug-likeness (QED) is 0.823. The van der Waals surface area contributed by atoms with Crippen molar-refractivity contribution in [1.29, 1.82) is 0 Å². The second-order valence-corrected chi connectivity index (χ2v) is 5.02. The van der Waals surface area contributed by atoms with Crippen LogP contribution in [0.2, 0.25) is 0 Å². The molecule has 2 N–H and O–H groups in total. The number of likely N-dealkylation sites (N-methyl/N-ethyl adjacent to an activating group) is 1. The molecular formula is C16H28N2O. The largest absolute Gasteiger partial charge is 0.497 e. The highest BCUT2D eigenvalue weighted by molar-refractivity contribution is 5.32. The maximum Gasteiger partial charge on any atom is 0.118 e. The van der Waals surface area contributed by atoms with Crippen LogP contribution in [-0.4, -0.2) is 31.1 Å². The van der Waals surface area contributed by atoms with E-state index in [1.54, 1.807) is 7.11 Å². The minimum absolute atomic E-state index is 0.306. The van der Waals surface area contributed by atoms with Crippen molar-refractivity contribution in [2.75, 3.05) is 20.2 Å². The molecule has 19 heavy (non-hydrogen) atoms. The van der Waals surface area contributed by atoms with Crippen LogP contribution in [0.4, 0.5) is 0 Å². The average Bonchev–Trinajstić information content (AvgIpc) is 2.47. The van der Waals surface area contributed by atoms with Gasteiger partial charge in [0.1, 0.15) is 5.75 Å². The summed E-state index contributed by atoms with van der Waals surface area (Å²) < 4.78 is 5.21. The van der Waals surface area contributed by atoms with Gasteiger partial charge in [-0.05, 0) is 44.1 Å².